The maximum atomic E-state index is 13.2. The van der Waals surface area contributed by atoms with Gasteiger partial charge in [0.2, 0.25) is 5.88 Å². The molecule has 128 valence electrons. The number of nitrogens with one attached hydrogen (secondary N) is 1. The fourth-order valence-electron chi connectivity index (χ4n) is 2.55. The molecular formula is C14H14F3N5O2. The monoisotopic (exact) mass is 341 g/mol. The van der Waals surface area contributed by atoms with E-state index in [1.54, 1.807) is 12.1 Å². The highest BCUT2D eigenvalue weighted by atomic mass is 19.4. The molecule has 3 heterocycles. The van der Waals surface area contributed by atoms with E-state index in [2.05, 4.69) is 10.1 Å². The highest BCUT2D eigenvalue weighted by Crippen LogP contribution is 2.36. The van der Waals surface area contributed by atoms with E-state index in [4.69, 9.17) is 10.5 Å². The van der Waals surface area contributed by atoms with Crippen LogP contribution in [0.25, 0.3) is 0 Å². The van der Waals surface area contributed by atoms with E-state index in [1.807, 2.05) is 5.10 Å². The minimum absolute atomic E-state index is 0.128. The summed E-state index contributed by atoms with van der Waals surface area (Å²) in [5.74, 6) is 0.362. The zero-order valence-corrected chi connectivity index (χ0v) is 12.4. The average molecular weight is 341 g/mol. The summed E-state index contributed by atoms with van der Waals surface area (Å²) < 4.78 is 44.8. The fourth-order valence-corrected chi connectivity index (χ4v) is 2.55. The first-order valence-corrected chi connectivity index (χ1v) is 7.11. The van der Waals surface area contributed by atoms with Gasteiger partial charge in [-0.05, 0) is 11.6 Å². The largest absolute Gasteiger partial charge is 0.476 e. The van der Waals surface area contributed by atoms with Crippen LogP contribution in [0.4, 0.5) is 18.9 Å². The van der Waals surface area contributed by atoms with Crippen molar-refractivity contribution in [2.45, 2.75) is 19.3 Å². The summed E-state index contributed by atoms with van der Waals surface area (Å²) in [5, 5.41) is 5.31. The minimum atomic E-state index is -4.77. The summed E-state index contributed by atoms with van der Waals surface area (Å²) in [4.78, 5) is 17.3. The summed E-state index contributed by atoms with van der Waals surface area (Å²) in [6.07, 6.45) is -3.77. The van der Waals surface area contributed by atoms with Crippen LogP contribution in [-0.2, 0) is 19.3 Å². The van der Waals surface area contributed by atoms with Crippen molar-refractivity contribution in [3.8, 4) is 5.88 Å². The van der Waals surface area contributed by atoms with Crippen LogP contribution in [0.15, 0.2) is 23.1 Å². The Hall–Kier alpha value is -2.62. The van der Waals surface area contributed by atoms with Gasteiger partial charge in [0.15, 0.2) is 0 Å². The number of alkyl halides is 3. The second-order valence-electron chi connectivity index (χ2n) is 5.21. The van der Waals surface area contributed by atoms with E-state index in [1.165, 1.54) is 4.90 Å². The van der Waals surface area contributed by atoms with Crippen molar-refractivity contribution in [3.63, 3.8) is 0 Å². The summed E-state index contributed by atoms with van der Waals surface area (Å²) in [5.41, 5.74) is 3.92. The van der Waals surface area contributed by atoms with Crippen LogP contribution >= 0.6 is 0 Å². The van der Waals surface area contributed by atoms with Gasteiger partial charge in [-0.3, -0.25) is 4.79 Å². The van der Waals surface area contributed by atoms with E-state index in [0.717, 1.165) is 11.8 Å². The Balaban J connectivity index is 1.91. The van der Waals surface area contributed by atoms with Crippen molar-refractivity contribution in [1.29, 1.82) is 0 Å². The van der Waals surface area contributed by atoms with Gasteiger partial charge in [-0.25, -0.2) is 10.1 Å². The molecule has 0 unspecified atom stereocenters. The number of fused-ring (bicyclic) bond motifs is 1. The van der Waals surface area contributed by atoms with E-state index in [9.17, 15) is 18.0 Å². The van der Waals surface area contributed by atoms with Crippen molar-refractivity contribution in [3.05, 3.63) is 45.5 Å². The van der Waals surface area contributed by atoms with Crippen molar-refractivity contribution >= 4 is 5.69 Å². The van der Waals surface area contributed by atoms with Crippen LogP contribution in [0.2, 0.25) is 0 Å². The summed E-state index contributed by atoms with van der Waals surface area (Å²) >= 11 is 0. The second-order valence-corrected chi connectivity index (χ2v) is 5.21. The van der Waals surface area contributed by atoms with Crippen LogP contribution in [-0.4, -0.2) is 28.3 Å². The molecule has 0 atom stereocenters. The first kappa shape index (κ1) is 16.2. The highest BCUT2D eigenvalue weighted by Gasteiger charge is 2.39. The number of hydrogen-bond acceptors (Lipinski definition) is 6. The van der Waals surface area contributed by atoms with E-state index >= 15 is 0 Å². The first-order chi connectivity index (χ1) is 11.4. The highest BCUT2D eigenvalue weighted by molar-refractivity contribution is 5.55. The van der Waals surface area contributed by atoms with Crippen LogP contribution in [0, 0.1) is 0 Å². The van der Waals surface area contributed by atoms with Gasteiger partial charge in [0.1, 0.15) is 12.2 Å². The molecule has 1 aliphatic heterocycles. The van der Waals surface area contributed by atoms with E-state index < -0.39 is 17.3 Å². The SMILES string of the molecule is NCCOc1ccc2c(n1)CN(c1cn[nH]c(=O)c1C(F)(F)F)C2. The van der Waals surface area contributed by atoms with Gasteiger partial charge < -0.3 is 15.4 Å². The third-order valence-electron chi connectivity index (χ3n) is 3.57. The molecule has 3 N–H and O–H groups in total. The zero-order chi connectivity index (χ0) is 17.3. The molecular weight excluding hydrogens is 327 g/mol. The number of H-pyrrole nitrogens is 1. The van der Waals surface area contributed by atoms with Gasteiger partial charge in [-0.1, -0.05) is 0 Å². The molecule has 0 fully saturated rings. The van der Waals surface area contributed by atoms with E-state index in [-0.39, 0.29) is 18.8 Å². The van der Waals surface area contributed by atoms with E-state index in [0.29, 0.717) is 24.7 Å². The Bertz CT molecular complexity index is 806. The van der Waals surface area contributed by atoms with Gasteiger partial charge in [-0.2, -0.15) is 18.3 Å². The normalized spacial score (nSPS) is 13.9. The Morgan fingerprint density at radius 2 is 2.12 bits per heavy atom. The molecule has 0 bridgehead atoms. The van der Waals surface area contributed by atoms with Gasteiger partial charge in [0.25, 0.3) is 5.56 Å². The second kappa shape index (κ2) is 6.11. The van der Waals surface area contributed by atoms with Crippen LogP contribution in [0.1, 0.15) is 16.8 Å². The quantitative estimate of drug-likeness (QED) is 0.862. The van der Waals surface area contributed by atoms with Gasteiger partial charge in [0, 0.05) is 19.2 Å². The summed E-state index contributed by atoms with van der Waals surface area (Å²) in [6, 6.07) is 3.38. The maximum Gasteiger partial charge on any atom is 0.423 e. The third kappa shape index (κ3) is 3.04. The van der Waals surface area contributed by atoms with Crippen LogP contribution in [0.3, 0.4) is 0 Å². The molecule has 0 aromatic carbocycles. The van der Waals surface area contributed by atoms with Crippen molar-refractivity contribution in [2.75, 3.05) is 18.1 Å². The molecule has 0 aliphatic carbocycles. The number of rotatable bonds is 4. The topological polar surface area (TPSA) is 97.1 Å². The molecule has 0 saturated carbocycles. The molecule has 0 amide bonds. The average Bonchev–Trinajstić information content (AvgIpc) is 2.94. The number of nitrogens with zero attached hydrogens (tertiary/aromatic N) is 3. The van der Waals surface area contributed by atoms with Crippen LogP contribution < -0.4 is 20.9 Å². The summed E-state index contributed by atoms with van der Waals surface area (Å²) in [7, 11) is 0. The van der Waals surface area contributed by atoms with Crippen molar-refractivity contribution in [2.24, 2.45) is 5.73 Å². The van der Waals surface area contributed by atoms with Gasteiger partial charge in [-0.15, -0.1) is 0 Å². The zero-order valence-electron chi connectivity index (χ0n) is 12.4. The molecule has 24 heavy (non-hydrogen) atoms. The van der Waals surface area contributed by atoms with Gasteiger partial charge >= 0.3 is 6.18 Å². The number of anilines is 1. The van der Waals surface area contributed by atoms with Crippen molar-refractivity contribution in [1.82, 2.24) is 15.2 Å². The Kier molecular flexibility index (Phi) is 4.14. The predicted molar refractivity (Wildman–Crippen MR) is 78.5 cm³/mol. The summed E-state index contributed by atoms with van der Waals surface area (Å²) in [6.45, 7) is 0.959. The first-order valence-electron chi connectivity index (χ1n) is 7.11. The number of halogens is 3. The molecule has 3 rings (SSSR count). The fraction of sp³-hybridized carbons (Fsp3) is 0.357. The molecule has 2 aromatic rings. The number of hydrogen-bond donors (Lipinski definition) is 2. The Morgan fingerprint density at radius 1 is 1.33 bits per heavy atom. The number of pyridine rings is 1. The molecule has 1 aliphatic rings. The number of nitrogens with two attached hydrogens (primary N) is 1. The number of aromatic nitrogens is 3. The molecule has 0 saturated heterocycles. The molecule has 0 spiro atoms. The minimum Gasteiger partial charge on any atom is -0.476 e. The van der Waals surface area contributed by atoms with Crippen molar-refractivity contribution < 1.29 is 17.9 Å². The molecule has 7 nitrogen and oxygen atoms in total. The Morgan fingerprint density at radius 3 is 2.83 bits per heavy atom. The van der Waals surface area contributed by atoms with Gasteiger partial charge in [0.05, 0.1) is 24.1 Å². The Labute approximate surface area is 134 Å². The number of aromatic amines is 1. The lowest BCUT2D eigenvalue weighted by molar-refractivity contribution is -0.138. The lowest BCUT2D eigenvalue weighted by Crippen LogP contribution is -2.28. The third-order valence-corrected chi connectivity index (χ3v) is 3.57. The smallest absolute Gasteiger partial charge is 0.423 e. The lowest BCUT2D eigenvalue weighted by atomic mass is 10.2. The standard InChI is InChI=1S/C14H14F3N5O2/c15-14(16,17)12-10(5-19-21-13(12)23)22-6-8-1-2-11(24-4-3-18)20-9(8)7-22/h1-2,5H,3-4,6-7,18H2,(H,21,23). The van der Waals surface area contributed by atoms with Crippen LogP contribution in [0.5, 0.6) is 5.88 Å². The molecule has 0 radical (unpaired) electrons. The number of ether oxygens (including phenoxy) is 1. The molecule has 2 aromatic heterocycles. The predicted octanol–water partition coefficient (Wildman–Crippen LogP) is 1.04. The lowest BCUT2D eigenvalue weighted by Gasteiger charge is -2.20. The molecule has 10 heteroatoms. The maximum absolute atomic E-state index is 13.2.